The van der Waals surface area contributed by atoms with Gasteiger partial charge in [-0.05, 0) is 14.0 Å². The standard InChI is InChI=1S/C14H27NO9/c1-6-14(20,5-17)11(13(21-3)22-6)24-12-8(15-2)10(19)9(18)7(4-16)23-12/h6-13,15-20H,4-5H2,1-3H3/t6-,7-,8-,9-,10-,11-,12-,13?,14+/m0/s1. The molecule has 10 heteroatoms. The van der Waals surface area contributed by atoms with Crippen LogP contribution in [-0.2, 0) is 18.9 Å². The van der Waals surface area contributed by atoms with Gasteiger partial charge in [-0.1, -0.05) is 0 Å². The molecule has 0 radical (unpaired) electrons. The smallest absolute Gasteiger partial charge is 0.186 e. The van der Waals surface area contributed by atoms with Crippen molar-refractivity contribution in [3.8, 4) is 0 Å². The van der Waals surface area contributed by atoms with Gasteiger partial charge in [0.25, 0.3) is 0 Å². The Bertz CT molecular complexity index is 414. The highest BCUT2D eigenvalue weighted by atomic mass is 16.8. The number of aliphatic hydroxyl groups excluding tert-OH is 4. The van der Waals surface area contributed by atoms with Crippen LogP contribution in [0.3, 0.4) is 0 Å². The average Bonchev–Trinajstić information content (AvgIpc) is 2.82. The van der Waals surface area contributed by atoms with Gasteiger partial charge in [-0.2, -0.15) is 0 Å². The van der Waals surface area contributed by atoms with Crippen LogP contribution in [-0.4, -0.2) is 108 Å². The third-order valence-electron chi connectivity index (χ3n) is 4.76. The second kappa shape index (κ2) is 7.87. The Morgan fingerprint density at radius 2 is 1.79 bits per heavy atom. The Kier molecular flexibility index (Phi) is 6.53. The molecule has 6 N–H and O–H groups in total. The van der Waals surface area contributed by atoms with Gasteiger partial charge < -0.3 is 49.8 Å². The van der Waals surface area contributed by atoms with Gasteiger partial charge in [0, 0.05) is 7.11 Å². The van der Waals surface area contributed by atoms with Gasteiger partial charge in [0.2, 0.25) is 0 Å². The maximum Gasteiger partial charge on any atom is 0.186 e. The minimum absolute atomic E-state index is 0.524. The van der Waals surface area contributed by atoms with Gasteiger partial charge in [0.15, 0.2) is 12.6 Å². The molecule has 24 heavy (non-hydrogen) atoms. The molecule has 9 atom stereocenters. The molecule has 2 aliphatic rings. The minimum Gasteiger partial charge on any atom is -0.394 e. The van der Waals surface area contributed by atoms with Gasteiger partial charge in [0.1, 0.15) is 30.0 Å². The van der Waals surface area contributed by atoms with Gasteiger partial charge >= 0.3 is 0 Å². The van der Waals surface area contributed by atoms with E-state index in [1.54, 1.807) is 14.0 Å². The van der Waals surface area contributed by atoms with Gasteiger partial charge in [-0.25, -0.2) is 0 Å². The molecule has 2 aliphatic heterocycles. The Balaban J connectivity index is 2.22. The number of likely N-dealkylation sites (N-methyl/N-ethyl adjacent to an activating group) is 1. The quantitative estimate of drug-likeness (QED) is 0.284. The lowest BCUT2D eigenvalue weighted by Gasteiger charge is -2.44. The molecule has 0 amide bonds. The summed E-state index contributed by atoms with van der Waals surface area (Å²) < 4.78 is 21.9. The lowest BCUT2D eigenvalue weighted by Crippen LogP contribution is -2.65. The number of rotatable bonds is 6. The van der Waals surface area contributed by atoms with Crippen LogP contribution in [0.15, 0.2) is 0 Å². The lowest BCUT2D eigenvalue weighted by atomic mass is 9.93. The highest BCUT2D eigenvalue weighted by Gasteiger charge is 2.57. The Hall–Kier alpha value is -0.400. The molecular formula is C14H27NO9. The zero-order valence-electron chi connectivity index (χ0n) is 13.9. The highest BCUT2D eigenvalue weighted by molar-refractivity contribution is 5.02. The molecule has 2 heterocycles. The normalized spacial score (nSPS) is 49.5. The van der Waals surface area contributed by atoms with E-state index < -0.39 is 68.0 Å². The number of hydrogen-bond acceptors (Lipinski definition) is 10. The molecule has 0 bridgehead atoms. The second-order valence-electron chi connectivity index (χ2n) is 6.11. The van der Waals surface area contributed by atoms with E-state index in [0.717, 1.165) is 0 Å². The minimum atomic E-state index is -1.74. The molecule has 0 aromatic heterocycles. The summed E-state index contributed by atoms with van der Waals surface area (Å²) in [5.41, 5.74) is -1.74. The summed E-state index contributed by atoms with van der Waals surface area (Å²) in [4.78, 5) is 0. The number of nitrogens with one attached hydrogen (secondary N) is 1. The van der Waals surface area contributed by atoms with Crippen LogP contribution in [0.1, 0.15) is 6.92 Å². The van der Waals surface area contributed by atoms with Crippen LogP contribution < -0.4 is 5.32 Å². The number of aliphatic hydroxyl groups is 5. The first-order valence-corrected chi connectivity index (χ1v) is 7.80. The summed E-state index contributed by atoms with van der Waals surface area (Å²) in [5, 5.41) is 52.4. The van der Waals surface area contributed by atoms with E-state index in [1.807, 2.05) is 0 Å². The summed E-state index contributed by atoms with van der Waals surface area (Å²) in [6, 6.07) is -0.834. The van der Waals surface area contributed by atoms with Crippen LogP contribution in [0, 0.1) is 0 Å². The summed E-state index contributed by atoms with van der Waals surface area (Å²) in [6.07, 6.45) is -7.59. The fourth-order valence-electron chi connectivity index (χ4n) is 3.09. The van der Waals surface area contributed by atoms with Crippen molar-refractivity contribution in [3.63, 3.8) is 0 Å². The molecule has 142 valence electrons. The van der Waals surface area contributed by atoms with E-state index in [-0.39, 0.29) is 0 Å². The Labute approximate surface area is 139 Å². The fourth-order valence-corrected chi connectivity index (χ4v) is 3.09. The van der Waals surface area contributed by atoms with Crippen LogP contribution in [0.5, 0.6) is 0 Å². The predicted octanol–water partition coefficient (Wildman–Crippen LogP) is -3.49. The lowest BCUT2D eigenvalue weighted by molar-refractivity contribution is -0.308. The Morgan fingerprint density at radius 3 is 2.29 bits per heavy atom. The maximum atomic E-state index is 10.6. The van der Waals surface area contributed by atoms with E-state index in [2.05, 4.69) is 5.32 Å². The Morgan fingerprint density at radius 1 is 1.12 bits per heavy atom. The SMILES string of the molecule is CN[C@@H]1[C@H](O[C@H]2C(OC)O[C@@H](C)[C@]2(O)CO)O[C@@H](CO)[C@H](O)[C@H]1O. The van der Waals surface area contributed by atoms with Crippen molar-refractivity contribution in [2.45, 2.75) is 61.7 Å². The molecule has 2 saturated heterocycles. The van der Waals surface area contributed by atoms with E-state index >= 15 is 0 Å². The second-order valence-corrected chi connectivity index (χ2v) is 6.11. The van der Waals surface area contributed by atoms with Crippen LogP contribution in [0.25, 0.3) is 0 Å². The number of ether oxygens (including phenoxy) is 4. The summed E-state index contributed by atoms with van der Waals surface area (Å²) in [6.45, 7) is 0.409. The highest BCUT2D eigenvalue weighted by Crippen LogP contribution is 2.36. The van der Waals surface area contributed by atoms with Gasteiger partial charge in [-0.15, -0.1) is 0 Å². The molecule has 0 aliphatic carbocycles. The maximum absolute atomic E-state index is 10.6. The van der Waals surface area contributed by atoms with E-state index in [4.69, 9.17) is 18.9 Å². The van der Waals surface area contributed by atoms with Crippen molar-refractivity contribution < 1.29 is 44.5 Å². The van der Waals surface area contributed by atoms with Crippen molar-refractivity contribution in [1.82, 2.24) is 5.32 Å². The summed E-state index contributed by atoms with van der Waals surface area (Å²) in [7, 11) is 2.91. The molecule has 0 aromatic carbocycles. The van der Waals surface area contributed by atoms with Gasteiger partial charge in [0.05, 0.1) is 25.4 Å². The molecule has 10 nitrogen and oxygen atoms in total. The molecule has 0 spiro atoms. The van der Waals surface area contributed by atoms with Crippen molar-refractivity contribution >= 4 is 0 Å². The molecule has 2 rings (SSSR count). The molecule has 2 fully saturated rings. The van der Waals surface area contributed by atoms with E-state index in [9.17, 15) is 25.5 Å². The number of hydrogen-bond donors (Lipinski definition) is 6. The molecule has 0 saturated carbocycles. The van der Waals surface area contributed by atoms with Crippen molar-refractivity contribution in [2.75, 3.05) is 27.4 Å². The average molecular weight is 353 g/mol. The van der Waals surface area contributed by atoms with E-state index in [1.165, 1.54) is 7.11 Å². The van der Waals surface area contributed by atoms with Crippen molar-refractivity contribution in [2.24, 2.45) is 0 Å². The summed E-state index contributed by atoms with van der Waals surface area (Å²) in [5.74, 6) is 0. The summed E-state index contributed by atoms with van der Waals surface area (Å²) >= 11 is 0. The first-order chi connectivity index (χ1) is 11.3. The largest absolute Gasteiger partial charge is 0.394 e. The molecule has 1 unspecified atom stereocenters. The van der Waals surface area contributed by atoms with Crippen LogP contribution >= 0.6 is 0 Å². The third-order valence-corrected chi connectivity index (χ3v) is 4.76. The third kappa shape index (κ3) is 3.31. The predicted molar refractivity (Wildman–Crippen MR) is 78.9 cm³/mol. The van der Waals surface area contributed by atoms with Crippen LogP contribution in [0.2, 0.25) is 0 Å². The first-order valence-electron chi connectivity index (χ1n) is 7.80. The van der Waals surface area contributed by atoms with Crippen molar-refractivity contribution in [1.29, 1.82) is 0 Å². The van der Waals surface area contributed by atoms with Crippen LogP contribution in [0.4, 0.5) is 0 Å². The molecular weight excluding hydrogens is 326 g/mol. The number of methoxy groups -OCH3 is 1. The van der Waals surface area contributed by atoms with Crippen molar-refractivity contribution in [3.05, 3.63) is 0 Å². The zero-order valence-corrected chi connectivity index (χ0v) is 13.9. The molecule has 0 aromatic rings. The van der Waals surface area contributed by atoms with E-state index in [0.29, 0.717) is 0 Å². The monoisotopic (exact) mass is 353 g/mol. The first kappa shape index (κ1) is 19.9. The topological polar surface area (TPSA) is 150 Å². The zero-order chi connectivity index (χ0) is 18.1. The van der Waals surface area contributed by atoms with Gasteiger partial charge in [-0.3, -0.25) is 0 Å². The fraction of sp³-hybridized carbons (Fsp3) is 1.00.